The van der Waals surface area contributed by atoms with Crippen molar-refractivity contribution in [1.82, 2.24) is 0 Å². The maximum absolute atomic E-state index is 12.5. The van der Waals surface area contributed by atoms with E-state index in [0.29, 0.717) is 13.0 Å². The molecule has 0 aromatic heterocycles. The Labute approximate surface area is 160 Å². The average molecular weight is 388 g/mol. The smallest absolute Gasteiger partial charge is 0.297 e. The van der Waals surface area contributed by atoms with Gasteiger partial charge in [-0.2, -0.15) is 8.42 Å². The average Bonchev–Trinajstić information content (AvgIpc) is 3.03. The summed E-state index contributed by atoms with van der Waals surface area (Å²) in [6.07, 6.45) is 3.20. The molecular weight excluding hydrogens is 364 g/mol. The zero-order chi connectivity index (χ0) is 19.3. The lowest BCUT2D eigenvalue weighted by Gasteiger charge is -2.27. The summed E-state index contributed by atoms with van der Waals surface area (Å²) in [5.41, 5.74) is 1.33. The van der Waals surface area contributed by atoms with Crippen LogP contribution in [0, 0.1) is 12.3 Å². The molecule has 144 valence electrons. The molecule has 0 fully saturated rings. The molecule has 1 aliphatic carbocycles. The lowest BCUT2D eigenvalue weighted by atomic mass is 9.89. The van der Waals surface area contributed by atoms with Gasteiger partial charge in [0.25, 0.3) is 10.1 Å². The summed E-state index contributed by atoms with van der Waals surface area (Å²) < 4.78 is 36.1. The minimum absolute atomic E-state index is 0.0778. The minimum atomic E-state index is -3.87. The quantitative estimate of drug-likeness (QED) is 0.555. The van der Waals surface area contributed by atoms with Crippen molar-refractivity contribution in [3.8, 4) is 0 Å². The van der Waals surface area contributed by atoms with Gasteiger partial charge in [0.2, 0.25) is 0 Å². The highest BCUT2D eigenvalue weighted by molar-refractivity contribution is 7.86. The van der Waals surface area contributed by atoms with Crippen molar-refractivity contribution in [1.29, 1.82) is 0 Å². The van der Waals surface area contributed by atoms with Crippen LogP contribution in [-0.4, -0.2) is 32.8 Å². The van der Waals surface area contributed by atoms with Crippen LogP contribution in [0.25, 0.3) is 0 Å². The van der Waals surface area contributed by atoms with Crippen LogP contribution in [0.3, 0.4) is 0 Å². The predicted octanol–water partition coefficient (Wildman–Crippen LogP) is 3.22. The first-order chi connectivity index (χ1) is 12.9. The van der Waals surface area contributed by atoms with Crippen LogP contribution < -0.4 is 0 Å². The molecule has 1 N–H and O–H groups in total. The third-order valence-electron chi connectivity index (χ3n) is 4.60. The first-order valence-electron chi connectivity index (χ1n) is 8.84. The van der Waals surface area contributed by atoms with Gasteiger partial charge in [-0.25, -0.2) is 0 Å². The summed E-state index contributed by atoms with van der Waals surface area (Å²) in [4.78, 5) is 0.121. The Morgan fingerprint density at radius 3 is 2.41 bits per heavy atom. The molecule has 27 heavy (non-hydrogen) atoms. The van der Waals surface area contributed by atoms with E-state index < -0.39 is 21.6 Å². The molecule has 1 aliphatic rings. The van der Waals surface area contributed by atoms with Crippen LogP contribution in [0.1, 0.15) is 17.5 Å². The lowest BCUT2D eigenvalue weighted by molar-refractivity contribution is 0.0197. The molecule has 3 rings (SSSR count). The van der Waals surface area contributed by atoms with Crippen molar-refractivity contribution < 1.29 is 22.4 Å². The molecule has 0 radical (unpaired) electrons. The standard InChI is InChI=1S/C21H24O5S/c1-17-7-9-20(10-8-17)27(23,24)26-16-21(12-11-19(22)13-21)15-25-14-18-5-3-2-4-6-18/h2-12,19,22H,13-16H2,1H3/t19-,21+/m1/s1. The van der Waals surface area contributed by atoms with Crippen molar-refractivity contribution >= 4 is 10.1 Å². The van der Waals surface area contributed by atoms with Gasteiger partial charge in [-0.3, -0.25) is 4.18 Å². The van der Waals surface area contributed by atoms with Crippen LogP contribution >= 0.6 is 0 Å². The second kappa shape index (κ2) is 8.35. The lowest BCUT2D eigenvalue weighted by Crippen LogP contribution is -2.31. The molecule has 0 unspecified atom stereocenters. The Kier molecular flexibility index (Phi) is 6.11. The number of hydrogen-bond donors (Lipinski definition) is 1. The molecule has 6 heteroatoms. The van der Waals surface area contributed by atoms with E-state index in [1.807, 2.05) is 37.3 Å². The van der Waals surface area contributed by atoms with E-state index in [1.54, 1.807) is 24.3 Å². The molecule has 5 nitrogen and oxygen atoms in total. The molecule has 0 aliphatic heterocycles. The van der Waals surface area contributed by atoms with E-state index in [0.717, 1.165) is 11.1 Å². The predicted molar refractivity (Wildman–Crippen MR) is 103 cm³/mol. The fraction of sp³-hybridized carbons (Fsp3) is 0.333. The third-order valence-corrected chi connectivity index (χ3v) is 5.88. The molecule has 0 saturated heterocycles. The van der Waals surface area contributed by atoms with Gasteiger partial charge in [0.15, 0.2) is 0 Å². The molecular formula is C21H24O5S. The fourth-order valence-corrected chi connectivity index (χ4v) is 4.03. The second-order valence-electron chi connectivity index (χ2n) is 7.00. The van der Waals surface area contributed by atoms with Crippen molar-refractivity contribution in [3.63, 3.8) is 0 Å². The Balaban J connectivity index is 1.64. The molecule has 2 atom stereocenters. The van der Waals surface area contributed by atoms with Gasteiger partial charge >= 0.3 is 0 Å². The van der Waals surface area contributed by atoms with Gasteiger partial charge < -0.3 is 9.84 Å². The van der Waals surface area contributed by atoms with Gasteiger partial charge in [-0.15, -0.1) is 0 Å². The summed E-state index contributed by atoms with van der Waals surface area (Å²) >= 11 is 0. The highest BCUT2D eigenvalue weighted by atomic mass is 32.2. The van der Waals surface area contributed by atoms with Crippen molar-refractivity contribution in [2.24, 2.45) is 5.41 Å². The minimum Gasteiger partial charge on any atom is -0.389 e. The first kappa shape index (κ1) is 19.8. The number of hydrogen-bond acceptors (Lipinski definition) is 5. The van der Waals surface area contributed by atoms with Crippen LogP contribution in [0.2, 0.25) is 0 Å². The van der Waals surface area contributed by atoms with Crippen LogP contribution in [0.5, 0.6) is 0 Å². The zero-order valence-corrected chi connectivity index (χ0v) is 16.1. The molecule has 0 amide bonds. The van der Waals surface area contributed by atoms with E-state index in [1.165, 1.54) is 12.1 Å². The largest absolute Gasteiger partial charge is 0.389 e. The molecule has 0 heterocycles. The third kappa shape index (κ3) is 5.26. The summed E-state index contributed by atoms with van der Waals surface area (Å²) in [6, 6.07) is 16.3. The molecule has 0 bridgehead atoms. The SMILES string of the molecule is Cc1ccc(S(=O)(=O)OC[C@@]2(COCc3ccccc3)C=C[C@@H](O)C2)cc1. The Hall–Kier alpha value is -1.99. The van der Waals surface area contributed by atoms with Crippen molar-refractivity contribution in [3.05, 3.63) is 77.9 Å². The Bertz CT molecular complexity index is 875. The Morgan fingerprint density at radius 2 is 1.78 bits per heavy atom. The highest BCUT2D eigenvalue weighted by Crippen LogP contribution is 2.34. The monoisotopic (exact) mass is 388 g/mol. The van der Waals surface area contributed by atoms with Crippen LogP contribution in [0.4, 0.5) is 0 Å². The van der Waals surface area contributed by atoms with E-state index in [9.17, 15) is 13.5 Å². The van der Waals surface area contributed by atoms with E-state index in [2.05, 4.69) is 0 Å². The maximum atomic E-state index is 12.5. The van der Waals surface area contributed by atoms with E-state index in [-0.39, 0.29) is 18.1 Å². The maximum Gasteiger partial charge on any atom is 0.297 e. The van der Waals surface area contributed by atoms with Crippen molar-refractivity contribution in [2.75, 3.05) is 13.2 Å². The summed E-state index contributed by atoms with van der Waals surface area (Å²) in [5, 5.41) is 9.91. The molecule has 2 aromatic carbocycles. The summed E-state index contributed by atoms with van der Waals surface area (Å²) in [5.74, 6) is 0. The normalized spacial score (nSPS) is 22.2. The number of rotatable bonds is 8. The van der Waals surface area contributed by atoms with Crippen LogP contribution in [-0.2, 0) is 25.6 Å². The van der Waals surface area contributed by atoms with Gasteiger partial charge in [-0.05, 0) is 31.0 Å². The highest BCUT2D eigenvalue weighted by Gasteiger charge is 2.36. The molecule has 2 aromatic rings. The number of ether oxygens (including phenoxy) is 1. The summed E-state index contributed by atoms with van der Waals surface area (Å²) in [7, 11) is -3.87. The molecule has 0 spiro atoms. The van der Waals surface area contributed by atoms with E-state index in [4.69, 9.17) is 8.92 Å². The fourth-order valence-electron chi connectivity index (χ4n) is 3.04. The molecule has 0 saturated carbocycles. The van der Waals surface area contributed by atoms with Gasteiger partial charge in [0.1, 0.15) is 0 Å². The van der Waals surface area contributed by atoms with Gasteiger partial charge in [-0.1, -0.05) is 60.2 Å². The number of aliphatic hydroxyl groups excluding tert-OH is 1. The van der Waals surface area contributed by atoms with Crippen molar-refractivity contribution in [2.45, 2.75) is 31.0 Å². The number of benzene rings is 2. The number of aryl methyl sites for hydroxylation is 1. The summed E-state index contributed by atoms with van der Waals surface area (Å²) in [6.45, 7) is 2.49. The zero-order valence-electron chi connectivity index (χ0n) is 15.2. The Morgan fingerprint density at radius 1 is 1.07 bits per heavy atom. The van der Waals surface area contributed by atoms with Gasteiger partial charge in [0, 0.05) is 5.41 Å². The first-order valence-corrected chi connectivity index (χ1v) is 10.2. The number of aliphatic hydroxyl groups is 1. The van der Waals surface area contributed by atoms with E-state index >= 15 is 0 Å². The van der Waals surface area contributed by atoms with Gasteiger partial charge in [0.05, 0.1) is 30.8 Å². The van der Waals surface area contributed by atoms with Crippen LogP contribution in [0.15, 0.2) is 71.6 Å². The second-order valence-corrected chi connectivity index (χ2v) is 8.62. The topological polar surface area (TPSA) is 72.8 Å².